The minimum atomic E-state index is -0.0548. The number of ether oxygens (including phenoxy) is 1. The highest BCUT2D eigenvalue weighted by molar-refractivity contribution is 5.95. The summed E-state index contributed by atoms with van der Waals surface area (Å²) in [5, 5.41) is 18.6. The Bertz CT molecular complexity index is 1530. The third kappa shape index (κ3) is 3.81. The maximum absolute atomic E-state index is 6.12. The zero-order valence-corrected chi connectivity index (χ0v) is 20.1. The Morgan fingerprint density at radius 2 is 1.86 bits per heavy atom. The molecule has 1 saturated heterocycles. The number of aromatic nitrogens is 5. The molecule has 1 atom stereocenters. The van der Waals surface area contributed by atoms with Gasteiger partial charge in [-0.3, -0.25) is 0 Å². The molecule has 0 aliphatic carbocycles. The molecule has 0 bridgehead atoms. The van der Waals surface area contributed by atoms with Crippen LogP contribution in [0.5, 0.6) is 0 Å². The van der Waals surface area contributed by atoms with Gasteiger partial charge in [-0.05, 0) is 78.7 Å². The molecule has 4 heterocycles. The molecule has 1 N–H and O–H groups in total. The minimum Gasteiger partial charge on any atom is -0.356 e. The summed E-state index contributed by atoms with van der Waals surface area (Å²) in [4.78, 5) is 0. The van der Waals surface area contributed by atoms with E-state index in [9.17, 15) is 0 Å². The first-order valence-corrected chi connectivity index (χ1v) is 12.8. The van der Waals surface area contributed by atoms with Gasteiger partial charge in [0.05, 0.1) is 17.4 Å². The normalized spacial score (nSPS) is 17.8. The van der Waals surface area contributed by atoms with Crippen molar-refractivity contribution in [2.24, 2.45) is 0 Å². The van der Waals surface area contributed by atoms with Gasteiger partial charge in [0.15, 0.2) is 6.23 Å². The largest absolute Gasteiger partial charge is 0.356 e. The number of hydrogen-bond acceptors (Lipinski definition) is 5. The van der Waals surface area contributed by atoms with Gasteiger partial charge in [-0.15, -0.1) is 5.10 Å². The van der Waals surface area contributed by atoms with Crippen LogP contribution < -0.4 is 5.32 Å². The summed E-state index contributed by atoms with van der Waals surface area (Å²) in [5.74, 6) is 0. The standard InChI is InChI=1S/C29H28N6O/c1-2-6-20(7-3-1)22-10-12-27-25(17-22)29(32-35(27)28-8-4-5-15-36-28)26-19-34(33-31-26)24-11-9-21-13-14-30-18-23(21)16-24/h1-3,6-7,9-12,16-17,19,28,30H,4-5,8,13-15,18H2. The Kier molecular flexibility index (Phi) is 5.37. The summed E-state index contributed by atoms with van der Waals surface area (Å²) in [5.41, 5.74) is 8.74. The van der Waals surface area contributed by atoms with Gasteiger partial charge in [0.2, 0.25) is 0 Å². The van der Waals surface area contributed by atoms with Crippen LogP contribution in [0.1, 0.15) is 36.6 Å². The second-order valence-electron chi connectivity index (χ2n) is 9.64. The van der Waals surface area contributed by atoms with Gasteiger partial charge in [-0.1, -0.05) is 47.7 Å². The molecule has 0 spiro atoms. The number of rotatable bonds is 4. The molecule has 0 radical (unpaired) electrons. The fraction of sp³-hybridized carbons (Fsp3) is 0.276. The van der Waals surface area contributed by atoms with Crippen LogP contribution in [0.4, 0.5) is 0 Å². The van der Waals surface area contributed by atoms with E-state index in [-0.39, 0.29) is 6.23 Å². The smallest absolute Gasteiger partial charge is 0.150 e. The first-order chi connectivity index (χ1) is 17.8. The van der Waals surface area contributed by atoms with Crippen molar-refractivity contribution in [2.45, 2.75) is 38.5 Å². The molecule has 2 aliphatic heterocycles. The molecule has 0 saturated carbocycles. The van der Waals surface area contributed by atoms with Crippen LogP contribution >= 0.6 is 0 Å². The van der Waals surface area contributed by atoms with E-state index in [0.29, 0.717) is 0 Å². The molecule has 180 valence electrons. The van der Waals surface area contributed by atoms with E-state index in [1.807, 2.05) is 21.6 Å². The van der Waals surface area contributed by atoms with Crippen molar-refractivity contribution in [2.75, 3.05) is 13.2 Å². The predicted octanol–water partition coefficient (Wildman–Crippen LogP) is 5.30. The molecule has 7 rings (SSSR count). The van der Waals surface area contributed by atoms with Crippen LogP contribution in [0.15, 0.2) is 72.9 Å². The number of nitrogens with zero attached hydrogens (tertiary/aromatic N) is 5. The molecule has 1 fully saturated rings. The molecule has 7 nitrogen and oxygen atoms in total. The summed E-state index contributed by atoms with van der Waals surface area (Å²) < 4.78 is 10.0. The third-order valence-corrected chi connectivity index (χ3v) is 7.32. The highest BCUT2D eigenvalue weighted by atomic mass is 16.5. The molecule has 36 heavy (non-hydrogen) atoms. The van der Waals surface area contributed by atoms with Crippen LogP contribution in [0, 0.1) is 0 Å². The lowest BCUT2D eigenvalue weighted by atomic mass is 10.0. The second-order valence-corrected chi connectivity index (χ2v) is 9.64. The van der Waals surface area contributed by atoms with Crippen molar-refractivity contribution in [3.8, 4) is 28.2 Å². The van der Waals surface area contributed by atoms with Crippen LogP contribution in [-0.4, -0.2) is 37.9 Å². The first-order valence-electron chi connectivity index (χ1n) is 12.8. The van der Waals surface area contributed by atoms with Crippen LogP contribution in [0.2, 0.25) is 0 Å². The van der Waals surface area contributed by atoms with Crippen LogP contribution in [-0.2, 0) is 17.7 Å². The maximum atomic E-state index is 6.12. The number of hydrogen-bond donors (Lipinski definition) is 1. The Balaban J connectivity index is 1.33. The molecule has 0 amide bonds. The number of nitrogens with one attached hydrogen (secondary N) is 1. The molecule has 2 aliphatic rings. The predicted molar refractivity (Wildman–Crippen MR) is 140 cm³/mol. The quantitative estimate of drug-likeness (QED) is 0.381. The minimum absolute atomic E-state index is 0.0548. The third-order valence-electron chi connectivity index (χ3n) is 7.32. The van der Waals surface area contributed by atoms with Crippen molar-refractivity contribution < 1.29 is 4.74 Å². The summed E-state index contributed by atoms with van der Waals surface area (Å²) in [6.45, 7) is 2.70. The van der Waals surface area contributed by atoms with E-state index >= 15 is 0 Å². The fourth-order valence-corrected chi connectivity index (χ4v) is 5.38. The molecular formula is C29H28N6O. The van der Waals surface area contributed by atoms with Gasteiger partial charge < -0.3 is 10.1 Å². The van der Waals surface area contributed by atoms with Crippen molar-refractivity contribution >= 4 is 10.9 Å². The molecule has 3 aromatic carbocycles. The van der Waals surface area contributed by atoms with E-state index in [2.05, 4.69) is 76.3 Å². The Morgan fingerprint density at radius 3 is 2.75 bits per heavy atom. The van der Waals surface area contributed by atoms with Crippen molar-refractivity contribution in [1.82, 2.24) is 30.1 Å². The summed E-state index contributed by atoms with van der Waals surface area (Å²) in [7, 11) is 0. The van der Waals surface area contributed by atoms with E-state index in [4.69, 9.17) is 9.84 Å². The lowest BCUT2D eigenvalue weighted by Crippen LogP contribution is -2.23. The van der Waals surface area contributed by atoms with Crippen molar-refractivity contribution in [1.29, 1.82) is 0 Å². The summed E-state index contributed by atoms with van der Waals surface area (Å²) >= 11 is 0. The SMILES string of the molecule is c1ccc(-c2ccc3c(c2)c(-c2cn(-c4ccc5c(c4)CNCC5)nn2)nn3C2CCCCO2)cc1. The zero-order chi connectivity index (χ0) is 23.9. The highest BCUT2D eigenvalue weighted by Gasteiger charge is 2.23. The van der Waals surface area contributed by atoms with Gasteiger partial charge in [-0.25, -0.2) is 9.36 Å². The average molecular weight is 477 g/mol. The lowest BCUT2D eigenvalue weighted by molar-refractivity contribution is -0.0365. The number of benzene rings is 3. The van der Waals surface area contributed by atoms with E-state index in [1.54, 1.807) is 0 Å². The van der Waals surface area contributed by atoms with Crippen LogP contribution in [0.25, 0.3) is 39.1 Å². The maximum Gasteiger partial charge on any atom is 0.150 e. The first kappa shape index (κ1) is 21.5. The topological polar surface area (TPSA) is 69.8 Å². The van der Waals surface area contributed by atoms with Gasteiger partial charge in [0.1, 0.15) is 11.4 Å². The molecule has 7 heteroatoms. The fourth-order valence-electron chi connectivity index (χ4n) is 5.38. The Morgan fingerprint density at radius 1 is 0.917 bits per heavy atom. The molecule has 5 aromatic rings. The second kappa shape index (κ2) is 9.00. The lowest BCUT2D eigenvalue weighted by Gasteiger charge is -2.23. The van der Waals surface area contributed by atoms with Gasteiger partial charge in [0.25, 0.3) is 0 Å². The van der Waals surface area contributed by atoms with Crippen molar-refractivity contribution in [3.05, 3.63) is 84.1 Å². The molecule has 1 unspecified atom stereocenters. The molecular weight excluding hydrogens is 448 g/mol. The van der Waals surface area contributed by atoms with Gasteiger partial charge >= 0.3 is 0 Å². The van der Waals surface area contributed by atoms with Crippen LogP contribution in [0.3, 0.4) is 0 Å². The number of fused-ring (bicyclic) bond motifs is 2. The zero-order valence-electron chi connectivity index (χ0n) is 20.1. The Labute approximate surface area is 209 Å². The van der Waals surface area contributed by atoms with E-state index < -0.39 is 0 Å². The monoisotopic (exact) mass is 476 g/mol. The van der Waals surface area contributed by atoms with Crippen molar-refractivity contribution in [3.63, 3.8) is 0 Å². The molecule has 2 aromatic heterocycles. The Hall–Kier alpha value is -3.81. The summed E-state index contributed by atoms with van der Waals surface area (Å²) in [6, 6.07) is 23.5. The van der Waals surface area contributed by atoms with Gasteiger partial charge in [0, 0.05) is 18.5 Å². The average Bonchev–Trinajstić information content (AvgIpc) is 3.59. The van der Waals surface area contributed by atoms with E-state index in [1.165, 1.54) is 16.7 Å². The highest BCUT2D eigenvalue weighted by Crippen LogP contribution is 2.35. The summed E-state index contributed by atoms with van der Waals surface area (Å²) in [6.07, 6.45) is 6.21. The van der Waals surface area contributed by atoms with Gasteiger partial charge in [-0.2, -0.15) is 5.10 Å². The van der Waals surface area contributed by atoms with E-state index in [0.717, 1.165) is 78.9 Å².